The van der Waals surface area contributed by atoms with Gasteiger partial charge in [-0.3, -0.25) is 0 Å². The van der Waals surface area contributed by atoms with Crippen LogP contribution in [0.1, 0.15) is 48.3 Å². The fourth-order valence-electron chi connectivity index (χ4n) is 4.37. The Morgan fingerprint density at radius 2 is 1.85 bits per heavy atom. The molecule has 1 saturated carbocycles. The quantitative estimate of drug-likeness (QED) is 0.784. The number of benzene rings is 2. The Balaban J connectivity index is 1.37. The number of hydrogen-bond acceptors (Lipinski definition) is 2. The summed E-state index contributed by atoms with van der Waals surface area (Å²) in [5.41, 5.74) is 4.51. The van der Waals surface area contributed by atoms with Crippen molar-refractivity contribution in [2.45, 2.75) is 56.6 Å². The molecule has 2 aromatic carbocycles. The summed E-state index contributed by atoms with van der Waals surface area (Å²) in [4.78, 5) is 12.5. The van der Waals surface area contributed by atoms with Gasteiger partial charge in [0.2, 0.25) is 0 Å². The lowest BCUT2D eigenvalue weighted by Gasteiger charge is -2.24. The van der Waals surface area contributed by atoms with E-state index in [0.29, 0.717) is 12.3 Å². The van der Waals surface area contributed by atoms with Gasteiger partial charge in [-0.25, -0.2) is 4.79 Å². The van der Waals surface area contributed by atoms with Gasteiger partial charge in [0.1, 0.15) is 0 Å². The third-order valence-electron chi connectivity index (χ3n) is 5.75. The summed E-state index contributed by atoms with van der Waals surface area (Å²) in [6.07, 6.45) is 5.09. The predicted octanol–water partition coefficient (Wildman–Crippen LogP) is 3.99. The van der Waals surface area contributed by atoms with Gasteiger partial charge in [0.25, 0.3) is 0 Å². The van der Waals surface area contributed by atoms with E-state index in [9.17, 15) is 9.90 Å². The van der Waals surface area contributed by atoms with Crippen LogP contribution in [0.15, 0.2) is 48.5 Å². The third kappa shape index (κ3) is 3.75. The largest absolute Gasteiger partial charge is 0.393 e. The van der Waals surface area contributed by atoms with E-state index < -0.39 is 0 Å². The molecule has 26 heavy (non-hydrogen) atoms. The molecule has 3 N–H and O–H groups in total. The van der Waals surface area contributed by atoms with E-state index >= 15 is 0 Å². The minimum absolute atomic E-state index is 0.142. The van der Waals surface area contributed by atoms with Crippen molar-refractivity contribution in [1.82, 2.24) is 5.32 Å². The number of nitrogens with one attached hydrogen (secondary N) is 2. The third-order valence-corrected chi connectivity index (χ3v) is 5.75. The second-order valence-corrected chi connectivity index (χ2v) is 7.56. The van der Waals surface area contributed by atoms with Crippen LogP contribution in [0.3, 0.4) is 0 Å². The molecule has 0 heterocycles. The van der Waals surface area contributed by atoms with Gasteiger partial charge in [-0.2, -0.15) is 0 Å². The zero-order valence-electron chi connectivity index (χ0n) is 14.9. The lowest BCUT2D eigenvalue weighted by molar-refractivity contribution is 0.159. The molecule has 2 aliphatic rings. The zero-order chi connectivity index (χ0) is 17.9. The van der Waals surface area contributed by atoms with Crippen LogP contribution in [0.25, 0.3) is 0 Å². The van der Waals surface area contributed by atoms with Gasteiger partial charge in [-0.15, -0.1) is 0 Å². The van der Waals surface area contributed by atoms with Crippen molar-refractivity contribution in [3.05, 3.63) is 65.2 Å². The van der Waals surface area contributed by atoms with Gasteiger partial charge in [-0.1, -0.05) is 42.5 Å². The normalized spacial score (nSPS) is 24.7. The molecule has 0 unspecified atom stereocenters. The first-order valence-corrected chi connectivity index (χ1v) is 9.60. The highest BCUT2D eigenvalue weighted by Gasteiger charge is 2.27. The topological polar surface area (TPSA) is 61.4 Å². The first-order chi connectivity index (χ1) is 12.7. The standard InChI is InChI=1S/C22H26N2O2/c25-19-12-10-16-7-4-8-21(20(16)14-19)24-22(26)23-18-11-9-17(13-18)15-5-2-1-3-6-15/h1-8,17-19,25H,9-14H2,(H2,23,24,26)/t17-,18-,19+/m1/s1. The van der Waals surface area contributed by atoms with E-state index in [1.165, 1.54) is 11.1 Å². The number of carbonyl (C=O) groups is 1. The number of aliphatic hydroxyl groups excluding tert-OH is 1. The van der Waals surface area contributed by atoms with Crippen molar-refractivity contribution < 1.29 is 9.90 Å². The van der Waals surface area contributed by atoms with Crippen LogP contribution >= 0.6 is 0 Å². The second kappa shape index (κ2) is 7.50. The van der Waals surface area contributed by atoms with Crippen molar-refractivity contribution >= 4 is 11.7 Å². The van der Waals surface area contributed by atoms with Gasteiger partial charge >= 0.3 is 6.03 Å². The Morgan fingerprint density at radius 3 is 2.69 bits per heavy atom. The molecule has 0 radical (unpaired) electrons. The average Bonchev–Trinajstić information content (AvgIpc) is 3.11. The van der Waals surface area contributed by atoms with Crippen LogP contribution in [0.4, 0.5) is 10.5 Å². The number of aliphatic hydroxyl groups is 1. The highest BCUT2D eigenvalue weighted by Crippen LogP contribution is 2.34. The number of aryl methyl sites for hydroxylation is 1. The van der Waals surface area contributed by atoms with E-state index in [-0.39, 0.29) is 18.2 Å². The van der Waals surface area contributed by atoms with Crippen LogP contribution in [0.5, 0.6) is 0 Å². The van der Waals surface area contributed by atoms with E-state index in [4.69, 9.17) is 0 Å². The fraction of sp³-hybridized carbons (Fsp3) is 0.409. The van der Waals surface area contributed by atoms with E-state index in [2.05, 4.69) is 41.0 Å². The molecule has 0 aliphatic heterocycles. The summed E-state index contributed by atoms with van der Waals surface area (Å²) in [7, 11) is 0. The van der Waals surface area contributed by atoms with Gasteiger partial charge in [0.05, 0.1) is 6.10 Å². The van der Waals surface area contributed by atoms with Gasteiger partial charge in [0.15, 0.2) is 0 Å². The fourth-order valence-corrected chi connectivity index (χ4v) is 4.37. The number of carbonyl (C=O) groups excluding carboxylic acids is 1. The van der Waals surface area contributed by atoms with E-state index in [1.807, 2.05) is 18.2 Å². The van der Waals surface area contributed by atoms with Crippen molar-refractivity contribution in [3.63, 3.8) is 0 Å². The molecule has 2 aliphatic carbocycles. The van der Waals surface area contributed by atoms with Crippen molar-refractivity contribution in [3.8, 4) is 0 Å². The maximum absolute atomic E-state index is 12.5. The summed E-state index contributed by atoms with van der Waals surface area (Å²) < 4.78 is 0. The molecule has 1 fully saturated rings. The Kier molecular flexibility index (Phi) is 4.93. The van der Waals surface area contributed by atoms with Crippen LogP contribution in [0.2, 0.25) is 0 Å². The maximum atomic E-state index is 12.5. The molecule has 3 atom stereocenters. The molecule has 0 saturated heterocycles. The zero-order valence-corrected chi connectivity index (χ0v) is 14.9. The Morgan fingerprint density at radius 1 is 1.00 bits per heavy atom. The highest BCUT2D eigenvalue weighted by atomic mass is 16.3. The minimum atomic E-state index is -0.310. The summed E-state index contributed by atoms with van der Waals surface area (Å²) in [5, 5.41) is 16.1. The molecule has 4 rings (SSSR count). The summed E-state index contributed by atoms with van der Waals surface area (Å²) in [6, 6.07) is 16.6. The van der Waals surface area contributed by atoms with E-state index in [0.717, 1.165) is 43.4 Å². The first kappa shape index (κ1) is 17.1. The maximum Gasteiger partial charge on any atom is 0.319 e. The first-order valence-electron chi connectivity index (χ1n) is 9.60. The Bertz CT molecular complexity index is 775. The van der Waals surface area contributed by atoms with E-state index in [1.54, 1.807) is 0 Å². The number of amides is 2. The van der Waals surface area contributed by atoms with Gasteiger partial charge in [0, 0.05) is 18.2 Å². The van der Waals surface area contributed by atoms with Crippen LogP contribution < -0.4 is 10.6 Å². The molecule has 136 valence electrons. The molecule has 0 spiro atoms. The molecule has 2 aromatic rings. The Hall–Kier alpha value is -2.33. The number of rotatable bonds is 3. The minimum Gasteiger partial charge on any atom is -0.393 e. The van der Waals surface area contributed by atoms with Crippen LogP contribution in [-0.4, -0.2) is 23.3 Å². The molecular formula is C22H26N2O2. The molecule has 0 bridgehead atoms. The molecule has 4 heteroatoms. The van der Waals surface area contributed by atoms with Crippen molar-refractivity contribution in [1.29, 1.82) is 0 Å². The average molecular weight is 350 g/mol. The van der Waals surface area contributed by atoms with Gasteiger partial charge < -0.3 is 15.7 Å². The summed E-state index contributed by atoms with van der Waals surface area (Å²) in [6.45, 7) is 0. The molecule has 2 amide bonds. The van der Waals surface area contributed by atoms with Crippen molar-refractivity contribution in [2.75, 3.05) is 5.32 Å². The van der Waals surface area contributed by atoms with Gasteiger partial charge in [-0.05, 0) is 60.8 Å². The lowest BCUT2D eigenvalue weighted by atomic mass is 9.88. The number of anilines is 1. The monoisotopic (exact) mass is 350 g/mol. The van der Waals surface area contributed by atoms with Crippen molar-refractivity contribution in [2.24, 2.45) is 0 Å². The number of urea groups is 1. The second-order valence-electron chi connectivity index (χ2n) is 7.56. The highest BCUT2D eigenvalue weighted by molar-refractivity contribution is 5.90. The molecule has 0 aromatic heterocycles. The van der Waals surface area contributed by atoms with Crippen LogP contribution in [0, 0.1) is 0 Å². The number of fused-ring (bicyclic) bond motifs is 1. The SMILES string of the molecule is O=C(Nc1cccc2c1C[C@@H](O)CC2)N[C@@H]1CC[C@@H](c2ccccc2)C1. The summed E-state index contributed by atoms with van der Waals surface area (Å²) in [5.74, 6) is 0.529. The lowest BCUT2D eigenvalue weighted by Crippen LogP contribution is -2.37. The molecular weight excluding hydrogens is 324 g/mol. The predicted molar refractivity (Wildman–Crippen MR) is 103 cm³/mol. The van der Waals surface area contributed by atoms with Crippen LogP contribution in [-0.2, 0) is 12.8 Å². The molecule has 4 nitrogen and oxygen atoms in total. The number of hydrogen-bond donors (Lipinski definition) is 3. The smallest absolute Gasteiger partial charge is 0.319 e. The summed E-state index contributed by atoms with van der Waals surface area (Å²) >= 11 is 0. The Labute approximate surface area is 154 Å².